The van der Waals surface area contributed by atoms with Crippen molar-refractivity contribution < 1.29 is 19.2 Å². The first-order valence-corrected chi connectivity index (χ1v) is 9.08. The van der Waals surface area contributed by atoms with Crippen molar-refractivity contribution in [2.45, 2.75) is 38.5 Å². The number of aromatic nitrogens is 1. The van der Waals surface area contributed by atoms with Crippen LogP contribution >= 0.6 is 0 Å². The average molecular weight is 356 g/mol. The predicted molar refractivity (Wildman–Crippen MR) is 96.0 cm³/mol. The lowest BCUT2D eigenvalue weighted by Crippen LogP contribution is -2.29. The Bertz CT molecular complexity index is 767. The van der Waals surface area contributed by atoms with Crippen molar-refractivity contribution in [1.29, 1.82) is 0 Å². The number of carbonyl (C=O) groups is 2. The van der Waals surface area contributed by atoms with E-state index >= 15 is 0 Å². The maximum absolute atomic E-state index is 12.8. The van der Waals surface area contributed by atoms with Crippen molar-refractivity contribution in [1.82, 2.24) is 10.1 Å². The molecule has 2 heterocycles. The Morgan fingerprint density at radius 1 is 1.23 bits per heavy atom. The number of hydrogen-bond donors (Lipinski definition) is 1. The molecule has 1 aromatic carbocycles. The fourth-order valence-electron chi connectivity index (χ4n) is 3.70. The van der Waals surface area contributed by atoms with Gasteiger partial charge in [-0.1, -0.05) is 49.3 Å². The second kappa shape index (κ2) is 7.72. The zero-order chi connectivity index (χ0) is 18.7. The van der Waals surface area contributed by atoms with Crippen LogP contribution in [0.25, 0.3) is 0 Å². The van der Waals surface area contributed by atoms with E-state index in [-0.39, 0.29) is 30.0 Å². The molecular formula is C20H24N2O4. The second-order valence-electron chi connectivity index (χ2n) is 6.80. The van der Waals surface area contributed by atoms with Gasteiger partial charge in [-0.25, -0.2) is 0 Å². The first kappa shape index (κ1) is 18.2. The number of carbonyl (C=O) groups excluding carboxylic acids is 1. The van der Waals surface area contributed by atoms with Gasteiger partial charge in [0.25, 0.3) is 5.91 Å². The highest BCUT2D eigenvalue weighted by Crippen LogP contribution is 2.34. The maximum Gasteiger partial charge on any atom is 0.308 e. The molecule has 6 nitrogen and oxygen atoms in total. The van der Waals surface area contributed by atoms with Gasteiger partial charge in [0.2, 0.25) is 5.76 Å². The molecule has 0 radical (unpaired) electrons. The minimum absolute atomic E-state index is 0.175. The summed E-state index contributed by atoms with van der Waals surface area (Å²) in [6.07, 6.45) is 1.86. The molecule has 1 N–H and O–H groups in total. The number of aliphatic carboxylic acids is 1. The topological polar surface area (TPSA) is 83.6 Å². The quantitative estimate of drug-likeness (QED) is 0.856. The number of rotatable bonds is 6. The highest BCUT2D eigenvalue weighted by Gasteiger charge is 2.41. The molecule has 1 aliphatic rings. The van der Waals surface area contributed by atoms with Gasteiger partial charge in [-0.15, -0.1) is 0 Å². The number of nitrogens with zero attached hydrogens (tertiary/aromatic N) is 2. The molecule has 1 amide bonds. The predicted octanol–water partition coefficient (Wildman–Crippen LogP) is 3.52. The molecule has 0 spiro atoms. The fourth-order valence-corrected chi connectivity index (χ4v) is 3.70. The number of carboxylic acid groups (broad SMARTS) is 1. The number of amides is 1. The largest absolute Gasteiger partial charge is 0.481 e. The molecule has 1 saturated heterocycles. The summed E-state index contributed by atoms with van der Waals surface area (Å²) >= 11 is 0. The molecule has 138 valence electrons. The molecule has 2 atom stereocenters. The van der Waals surface area contributed by atoms with Gasteiger partial charge in [0.15, 0.2) is 0 Å². The Morgan fingerprint density at radius 2 is 1.92 bits per heavy atom. The lowest BCUT2D eigenvalue weighted by Gasteiger charge is -2.15. The van der Waals surface area contributed by atoms with E-state index in [1.165, 1.54) is 0 Å². The SMILES string of the molecule is CCC(CC)c1cc(C(=O)N2CC(C(=O)O)C(c3ccccc3)C2)on1. The minimum atomic E-state index is -0.885. The summed E-state index contributed by atoms with van der Waals surface area (Å²) in [6.45, 7) is 4.69. The van der Waals surface area contributed by atoms with E-state index in [1.807, 2.05) is 30.3 Å². The highest BCUT2D eigenvalue weighted by molar-refractivity contribution is 5.92. The first-order valence-electron chi connectivity index (χ1n) is 9.08. The van der Waals surface area contributed by atoms with Crippen LogP contribution in [0.15, 0.2) is 40.9 Å². The Morgan fingerprint density at radius 3 is 2.54 bits per heavy atom. The summed E-state index contributed by atoms with van der Waals surface area (Å²) in [6, 6.07) is 11.2. The molecule has 0 bridgehead atoms. The summed E-state index contributed by atoms with van der Waals surface area (Å²) in [5.41, 5.74) is 1.72. The van der Waals surface area contributed by atoms with Crippen LogP contribution in [0.1, 0.15) is 60.3 Å². The smallest absolute Gasteiger partial charge is 0.308 e. The van der Waals surface area contributed by atoms with Gasteiger partial charge in [-0.05, 0) is 18.4 Å². The van der Waals surface area contributed by atoms with Gasteiger partial charge < -0.3 is 14.5 Å². The average Bonchev–Trinajstić information content (AvgIpc) is 3.31. The monoisotopic (exact) mass is 356 g/mol. The van der Waals surface area contributed by atoms with E-state index in [0.717, 1.165) is 24.1 Å². The van der Waals surface area contributed by atoms with Crippen molar-refractivity contribution in [2.24, 2.45) is 5.92 Å². The van der Waals surface area contributed by atoms with E-state index in [2.05, 4.69) is 19.0 Å². The van der Waals surface area contributed by atoms with Crippen LogP contribution in [0.4, 0.5) is 0 Å². The van der Waals surface area contributed by atoms with Gasteiger partial charge in [-0.3, -0.25) is 9.59 Å². The van der Waals surface area contributed by atoms with Crippen molar-refractivity contribution in [3.05, 3.63) is 53.4 Å². The van der Waals surface area contributed by atoms with E-state index in [4.69, 9.17) is 4.52 Å². The maximum atomic E-state index is 12.8. The molecule has 0 aliphatic carbocycles. The standard InChI is InChI=1S/C20H24N2O4/c1-3-13(4-2)17-10-18(26-21-17)19(23)22-11-15(16(12-22)20(24)25)14-8-6-5-7-9-14/h5-10,13,15-16H,3-4,11-12H2,1-2H3,(H,24,25). The van der Waals surface area contributed by atoms with Gasteiger partial charge in [-0.2, -0.15) is 0 Å². The van der Waals surface area contributed by atoms with E-state index in [1.54, 1.807) is 11.0 Å². The van der Waals surface area contributed by atoms with Gasteiger partial charge in [0, 0.05) is 31.0 Å². The van der Waals surface area contributed by atoms with Crippen LogP contribution in [0.5, 0.6) is 0 Å². The Balaban J connectivity index is 1.79. The number of benzene rings is 1. The number of hydrogen-bond acceptors (Lipinski definition) is 4. The molecule has 1 aliphatic heterocycles. The summed E-state index contributed by atoms with van der Waals surface area (Å²) in [5.74, 6) is -1.57. The van der Waals surface area contributed by atoms with Crippen molar-refractivity contribution >= 4 is 11.9 Å². The Kier molecular flexibility index (Phi) is 5.40. The van der Waals surface area contributed by atoms with Crippen LogP contribution in [-0.4, -0.2) is 40.1 Å². The summed E-state index contributed by atoms with van der Waals surface area (Å²) in [7, 11) is 0. The minimum Gasteiger partial charge on any atom is -0.481 e. The normalized spacial score (nSPS) is 19.9. The molecule has 1 aromatic heterocycles. The van der Waals surface area contributed by atoms with Crippen molar-refractivity contribution in [2.75, 3.05) is 13.1 Å². The fraction of sp³-hybridized carbons (Fsp3) is 0.450. The van der Waals surface area contributed by atoms with Gasteiger partial charge >= 0.3 is 5.97 Å². The van der Waals surface area contributed by atoms with Crippen LogP contribution < -0.4 is 0 Å². The van der Waals surface area contributed by atoms with Crippen molar-refractivity contribution in [3.8, 4) is 0 Å². The molecule has 2 aromatic rings. The zero-order valence-electron chi connectivity index (χ0n) is 15.1. The Hall–Kier alpha value is -2.63. The van der Waals surface area contributed by atoms with E-state index in [9.17, 15) is 14.7 Å². The lowest BCUT2D eigenvalue weighted by atomic mass is 9.89. The molecule has 1 fully saturated rings. The number of carboxylic acids is 1. The lowest BCUT2D eigenvalue weighted by molar-refractivity contribution is -0.141. The van der Waals surface area contributed by atoms with Crippen molar-refractivity contribution in [3.63, 3.8) is 0 Å². The zero-order valence-corrected chi connectivity index (χ0v) is 15.1. The third-order valence-corrected chi connectivity index (χ3v) is 5.30. The summed E-state index contributed by atoms with van der Waals surface area (Å²) in [4.78, 5) is 26.1. The molecule has 2 unspecified atom stereocenters. The van der Waals surface area contributed by atoms with Crippen LogP contribution in [-0.2, 0) is 4.79 Å². The highest BCUT2D eigenvalue weighted by atomic mass is 16.5. The van der Waals surface area contributed by atoms with Crippen LogP contribution in [0.3, 0.4) is 0 Å². The summed E-state index contributed by atoms with van der Waals surface area (Å²) in [5, 5.41) is 13.6. The first-order chi connectivity index (χ1) is 12.5. The van der Waals surface area contributed by atoms with Gasteiger partial charge in [0.1, 0.15) is 0 Å². The molecule has 3 rings (SSSR count). The Labute approximate surface area is 152 Å². The van der Waals surface area contributed by atoms with Crippen LogP contribution in [0, 0.1) is 5.92 Å². The second-order valence-corrected chi connectivity index (χ2v) is 6.80. The molecular weight excluding hydrogens is 332 g/mol. The van der Waals surface area contributed by atoms with E-state index in [0.29, 0.717) is 6.54 Å². The van der Waals surface area contributed by atoms with E-state index < -0.39 is 11.9 Å². The number of likely N-dealkylation sites (tertiary alicyclic amines) is 1. The molecule has 26 heavy (non-hydrogen) atoms. The van der Waals surface area contributed by atoms with Crippen LogP contribution in [0.2, 0.25) is 0 Å². The summed E-state index contributed by atoms with van der Waals surface area (Å²) < 4.78 is 5.27. The third kappa shape index (κ3) is 3.49. The van der Waals surface area contributed by atoms with Gasteiger partial charge in [0.05, 0.1) is 11.6 Å². The molecule has 0 saturated carbocycles. The third-order valence-electron chi connectivity index (χ3n) is 5.30. The molecule has 6 heteroatoms.